The van der Waals surface area contributed by atoms with Crippen LogP contribution in [0.25, 0.3) is 0 Å². The van der Waals surface area contributed by atoms with Crippen LogP contribution in [0.1, 0.15) is 24.6 Å². The van der Waals surface area contributed by atoms with E-state index in [1.54, 1.807) is 18.2 Å². The highest BCUT2D eigenvalue weighted by Gasteiger charge is 2.31. The number of esters is 1. The van der Waals surface area contributed by atoms with Gasteiger partial charge < -0.3 is 19.3 Å². The lowest BCUT2D eigenvalue weighted by molar-refractivity contribution is -0.147. The molecule has 1 fully saturated rings. The molecule has 0 radical (unpaired) electrons. The zero-order valence-electron chi connectivity index (χ0n) is 13.2. The number of hydrogen-bond acceptors (Lipinski definition) is 7. The molecular weight excluding hydrogens is 314 g/mol. The van der Waals surface area contributed by atoms with Crippen LogP contribution in [0.3, 0.4) is 0 Å². The molecule has 126 valence electrons. The molecule has 2 aromatic rings. The van der Waals surface area contributed by atoms with E-state index in [1.807, 2.05) is 6.07 Å². The summed E-state index contributed by atoms with van der Waals surface area (Å²) in [5, 5.41) is 6.43. The molecule has 8 heteroatoms. The molecular formula is C16H17N3O5. The third kappa shape index (κ3) is 4.09. The van der Waals surface area contributed by atoms with E-state index in [0.29, 0.717) is 11.4 Å². The second-order valence-electron chi connectivity index (χ2n) is 5.41. The number of rotatable bonds is 7. The minimum atomic E-state index is -0.304. The number of nitrogens with zero attached hydrogens (tertiary/aromatic N) is 2. The molecule has 1 amide bonds. The highest BCUT2D eigenvalue weighted by atomic mass is 16.6. The first-order chi connectivity index (χ1) is 11.7. The zero-order chi connectivity index (χ0) is 16.9. The lowest BCUT2D eigenvalue weighted by Gasteiger charge is -2.08. The van der Waals surface area contributed by atoms with Gasteiger partial charge in [-0.3, -0.25) is 9.59 Å². The largest absolute Gasteiger partial charge is 0.495 e. The molecule has 1 N–H and O–H groups in total. The zero-order valence-corrected chi connectivity index (χ0v) is 13.2. The summed E-state index contributed by atoms with van der Waals surface area (Å²) >= 11 is 0. The number of nitrogens with one attached hydrogen (secondary N) is 1. The van der Waals surface area contributed by atoms with Crippen molar-refractivity contribution in [2.75, 3.05) is 12.4 Å². The number of carbonyl (C=O) groups is 2. The molecule has 0 bridgehead atoms. The van der Waals surface area contributed by atoms with Gasteiger partial charge in [0.1, 0.15) is 5.75 Å². The van der Waals surface area contributed by atoms with Crippen LogP contribution in [0.4, 0.5) is 5.69 Å². The molecule has 1 aromatic carbocycles. The van der Waals surface area contributed by atoms with E-state index in [2.05, 4.69) is 15.5 Å². The van der Waals surface area contributed by atoms with E-state index in [-0.39, 0.29) is 42.5 Å². The van der Waals surface area contributed by atoms with Gasteiger partial charge in [-0.15, -0.1) is 0 Å². The van der Waals surface area contributed by atoms with Crippen molar-refractivity contribution in [1.82, 2.24) is 10.1 Å². The fraction of sp³-hybridized carbons (Fsp3) is 0.375. The highest BCUT2D eigenvalue weighted by molar-refractivity contribution is 5.93. The number of amides is 1. The van der Waals surface area contributed by atoms with Gasteiger partial charge in [-0.25, -0.2) is 0 Å². The summed E-state index contributed by atoms with van der Waals surface area (Å²) in [4.78, 5) is 27.5. The van der Waals surface area contributed by atoms with Gasteiger partial charge in [0.05, 0.1) is 25.1 Å². The molecule has 0 saturated heterocycles. The van der Waals surface area contributed by atoms with Crippen LogP contribution >= 0.6 is 0 Å². The number of anilines is 1. The predicted molar refractivity (Wildman–Crippen MR) is 82.1 cm³/mol. The van der Waals surface area contributed by atoms with Crippen LogP contribution in [0.2, 0.25) is 0 Å². The molecule has 1 aliphatic carbocycles. The van der Waals surface area contributed by atoms with E-state index in [0.717, 1.165) is 12.8 Å². The smallest absolute Gasteiger partial charge is 0.309 e. The Morgan fingerprint density at radius 1 is 1.33 bits per heavy atom. The Balaban J connectivity index is 1.52. The summed E-state index contributed by atoms with van der Waals surface area (Å²) in [6.07, 6.45) is 1.69. The van der Waals surface area contributed by atoms with Crippen molar-refractivity contribution < 1.29 is 23.6 Å². The molecule has 1 saturated carbocycles. The van der Waals surface area contributed by atoms with Gasteiger partial charge in [0, 0.05) is 0 Å². The van der Waals surface area contributed by atoms with Gasteiger partial charge in [0.15, 0.2) is 12.4 Å². The molecule has 24 heavy (non-hydrogen) atoms. The van der Waals surface area contributed by atoms with Crippen LogP contribution < -0.4 is 10.1 Å². The second-order valence-corrected chi connectivity index (χ2v) is 5.41. The molecule has 1 aliphatic rings. The maximum atomic E-state index is 12.0. The first kappa shape index (κ1) is 16.0. The Labute approximate surface area is 138 Å². The van der Waals surface area contributed by atoms with Crippen molar-refractivity contribution in [2.24, 2.45) is 5.92 Å². The Hall–Kier alpha value is -2.90. The first-order valence-corrected chi connectivity index (χ1v) is 7.56. The first-order valence-electron chi connectivity index (χ1n) is 7.56. The van der Waals surface area contributed by atoms with Crippen molar-refractivity contribution in [3.63, 3.8) is 0 Å². The number of methoxy groups -OCH3 is 1. The van der Waals surface area contributed by atoms with Crippen LogP contribution in [-0.4, -0.2) is 29.1 Å². The summed E-state index contributed by atoms with van der Waals surface area (Å²) in [5.41, 5.74) is 0.562. The monoisotopic (exact) mass is 331 g/mol. The quantitative estimate of drug-likeness (QED) is 0.770. The predicted octanol–water partition coefficient (Wildman–Crippen LogP) is 1.71. The van der Waals surface area contributed by atoms with Gasteiger partial charge in [-0.1, -0.05) is 17.3 Å². The topological polar surface area (TPSA) is 104 Å². The molecule has 8 nitrogen and oxygen atoms in total. The van der Waals surface area contributed by atoms with Crippen molar-refractivity contribution >= 4 is 17.6 Å². The summed E-state index contributed by atoms with van der Waals surface area (Å²) < 4.78 is 15.2. The fourth-order valence-electron chi connectivity index (χ4n) is 2.08. The van der Waals surface area contributed by atoms with Crippen molar-refractivity contribution in [2.45, 2.75) is 25.9 Å². The average molecular weight is 331 g/mol. The Morgan fingerprint density at radius 2 is 2.12 bits per heavy atom. The Bertz CT molecular complexity index is 739. The van der Waals surface area contributed by atoms with E-state index in [9.17, 15) is 9.59 Å². The number of carbonyl (C=O) groups excluding carboxylic acids is 2. The van der Waals surface area contributed by atoms with E-state index in [4.69, 9.17) is 14.0 Å². The molecule has 0 aliphatic heterocycles. The lowest BCUT2D eigenvalue weighted by atomic mass is 10.2. The second kappa shape index (κ2) is 7.12. The number of hydrogen-bond donors (Lipinski definition) is 1. The van der Waals surface area contributed by atoms with Gasteiger partial charge >= 0.3 is 5.97 Å². The van der Waals surface area contributed by atoms with Crippen molar-refractivity contribution in [1.29, 1.82) is 0 Å². The van der Waals surface area contributed by atoms with E-state index in [1.165, 1.54) is 7.11 Å². The molecule has 3 rings (SSSR count). The van der Waals surface area contributed by atoms with Crippen molar-refractivity contribution in [3.05, 3.63) is 36.0 Å². The van der Waals surface area contributed by atoms with Crippen molar-refractivity contribution in [3.8, 4) is 5.75 Å². The minimum absolute atomic E-state index is 0.0130. The van der Waals surface area contributed by atoms with Crippen LogP contribution in [0.15, 0.2) is 28.8 Å². The molecule has 0 atom stereocenters. The average Bonchev–Trinajstić information content (AvgIpc) is 3.34. The maximum absolute atomic E-state index is 12.0. The van der Waals surface area contributed by atoms with Gasteiger partial charge in [-0.2, -0.15) is 4.98 Å². The Kier molecular flexibility index (Phi) is 4.74. The van der Waals surface area contributed by atoms with E-state index < -0.39 is 0 Å². The number of benzene rings is 1. The SMILES string of the molecule is COc1ccccc1NC(=O)Cc1noc(COC(=O)C2CC2)n1. The minimum Gasteiger partial charge on any atom is -0.495 e. The van der Waals surface area contributed by atoms with Crippen LogP contribution in [0.5, 0.6) is 5.75 Å². The van der Waals surface area contributed by atoms with Gasteiger partial charge in [0.2, 0.25) is 5.91 Å². The normalized spacial score (nSPS) is 13.4. The number of aromatic nitrogens is 2. The third-order valence-electron chi connectivity index (χ3n) is 3.46. The third-order valence-corrected chi connectivity index (χ3v) is 3.46. The van der Waals surface area contributed by atoms with Gasteiger partial charge in [0.25, 0.3) is 5.89 Å². The fourth-order valence-corrected chi connectivity index (χ4v) is 2.08. The van der Waals surface area contributed by atoms with Crippen LogP contribution in [-0.2, 0) is 27.4 Å². The van der Waals surface area contributed by atoms with Crippen LogP contribution in [0, 0.1) is 5.92 Å². The number of para-hydroxylation sites is 2. The molecule has 1 aromatic heterocycles. The standard InChI is InChI=1S/C16H17N3O5/c1-22-12-5-3-2-4-11(12)17-14(20)8-13-18-15(24-19-13)9-23-16(21)10-6-7-10/h2-5,10H,6-9H2,1H3,(H,17,20). The molecule has 0 spiro atoms. The summed E-state index contributed by atoms with van der Waals surface area (Å²) in [6.45, 7) is -0.0730. The number of ether oxygens (including phenoxy) is 2. The van der Waals surface area contributed by atoms with E-state index >= 15 is 0 Å². The summed E-state index contributed by atoms with van der Waals surface area (Å²) in [6, 6.07) is 7.08. The lowest BCUT2D eigenvalue weighted by Crippen LogP contribution is -2.15. The summed E-state index contributed by atoms with van der Waals surface area (Å²) in [7, 11) is 1.53. The molecule has 1 heterocycles. The van der Waals surface area contributed by atoms with Gasteiger partial charge in [-0.05, 0) is 25.0 Å². The molecule has 0 unspecified atom stereocenters. The Morgan fingerprint density at radius 3 is 2.88 bits per heavy atom. The summed E-state index contributed by atoms with van der Waals surface area (Å²) in [5.74, 6) is 0.417. The maximum Gasteiger partial charge on any atom is 0.309 e. The highest BCUT2D eigenvalue weighted by Crippen LogP contribution is 2.30.